The predicted octanol–water partition coefficient (Wildman–Crippen LogP) is 3.63. The first-order valence-electron chi connectivity index (χ1n) is 7.71. The number of anilines is 1. The Hall–Kier alpha value is -1.80. The molecule has 1 unspecified atom stereocenters. The third-order valence-electron chi connectivity index (χ3n) is 4.51. The van der Waals surface area contributed by atoms with Crippen molar-refractivity contribution in [2.45, 2.75) is 26.3 Å². The molecule has 110 valence electrons. The minimum Gasteiger partial charge on any atom is -0.368 e. The van der Waals surface area contributed by atoms with Gasteiger partial charge in [-0.1, -0.05) is 48.0 Å². The lowest BCUT2D eigenvalue weighted by Gasteiger charge is -2.43. The van der Waals surface area contributed by atoms with E-state index in [2.05, 4.69) is 79.5 Å². The van der Waals surface area contributed by atoms with Crippen LogP contribution in [0.3, 0.4) is 0 Å². The summed E-state index contributed by atoms with van der Waals surface area (Å²) < 4.78 is 0. The van der Waals surface area contributed by atoms with Crippen LogP contribution in [-0.2, 0) is 5.54 Å². The van der Waals surface area contributed by atoms with Crippen molar-refractivity contribution < 1.29 is 0 Å². The minimum absolute atomic E-state index is 0.0108. The molecular formula is C19H24N2. The molecule has 0 saturated carbocycles. The molecule has 2 aromatic carbocycles. The Morgan fingerprint density at radius 1 is 1.05 bits per heavy atom. The molecule has 1 aliphatic heterocycles. The maximum absolute atomic E-state index is 3.70. The van der Waals surface area contributed by atoms with Gasteiger partial charge >= 0.3 is 0 Å². The summed E-state index contributed by atoms with van der Waals surface area (Å²) in [5.74, 6) is 0. The van der Waals surface area contributed by atoms with Crippen LogP contribution in [0.25, 0.3) is 0 Å². The highest BCUT2D eigenvalue weighted by Crippen LogP contribution is 2.29. The van der Waals surface area contributed by atoms with Gasteiger partial charge in [0.15, 0.2) is 0 Å². The van der Waals surface area contributed by atoms with Gasteiger partial charge in [0.2, 0.25) is 0 Å². The molecule has 1 saturated heterocycles. The van der Waals surface area contributed by atoms with Crippen LogP contribution in [-0.4, -0.2) is 19.6 Å². The van der Waals surface area contributed by atoms with E-state index < -0.39 is 0 Å². The molecule has 0 spiro atoms. The van der Waals surface area contributed by atoms with Crippen LogP contribution in [0.1, 0.15) is 23.6 Å². The molecular weight excluding hydrogens is 256 g/mol. The van der Waals surface area contributed by atoms with Gasteiger partial charge in [-0.2, -0.15) is 0 Å². The number of nitrogens with one attached hydrogen (secondary N) is 1. The first-order chi connectivity index (χ1) is 10.1. The van der Waals surface area contributed by atoms with Crippen LogP contribution < -0.4 is 10.2 Å². The Bertz CT molecular complexity index is 621. The van der Waals surface area contributed by atoms with E-state index in [0.29, 0.717) is 0 Å². The number of hydrogen-bond donors (Lipinski definition) is 1. The van der Waals surface area contributed by atoms with Crippen LogP contribution in [0, 0.1) is 13.8 Å². The molecule has 0 amide bonds. The average Bonchev–Trinajstić information content (AvgIpc) is 2.48. The maximum Gasteiger partial charge on any atom is 0.0584 e. The normalized spacial score (nSPS) is 22.3. The highest BCUT2D eigenvalue weighted by molar-refractivity contribution is 5.55. The summed E-state index contributed by atoms with van der Waals surface area (Å²) in [5.41, 5.74) is 5.44. The Morgan fingerprint density at radius 3 is 2.52 bits per heavy atom. The van der Waals surface area contributed by atoms with Crippen molar-refractivity contribution in [3.05, 3.63) is 65.2 Å². The summed E-state index contributed by atoms with van der Waals surface area (Å²) in [4.78, 5) is 2.51. The summed E-state index contributed by atoms with van der Waals surface area (Å²) in [7, 11) is 0. The van der Waals surface area contributed by atoms with E-state index in [9.17, 15) is 0 Å². The molecule has 0 bridgehead atoms. The monoisotopic (exact) mass is 280 g/mol. The van der Waals surface area contributed by atoms with E-state index >= 15 is 0 Å². The smallest absolute Gasteiger partial charge is 0.0584 e. The number of hydrogen-bond acceptors (Lipinski definition) is 2. The summed E-state index contributed by atoms with van der Waals surface area (Å²) in [6, 6.07) is 17.5. The van der Waals surface area contributed by atoms with Crippen LogP contribution in [0.5, 0.6) is 0 Å². The largest absolute Gasteiger partial charge is 0.368 e. The fourth-order valence-corrected chi connectivity index (χ4v) is 3.35. The zero-order chi connectivity index (χ0) is 14.9. The number of aryl methyl sites for hydroxylation is 2. The second-order valence-electron chi connectivity index (χ2n) is 6.34. The lowest BCUT2D eigenvalue weighted by molar-refractivity contribution is 0.332. The topological polar surface area (TPSA) is 15.3 Å². The van der Waals surface area contributed by atoms with Crippen molar-refractivity contribution in [3.8, 4) is 0 Å². The Balaban J connectivity index is 1.89. The lowest BCUT2D eigenvalue weighted by atomic mass is 9.89. The summed E-state index contributed by atoms with van der Waals surface area (Å²) in [6.45, 7) is 9.75. The van der Waals surface area contributed by atoms with E-state index in [4.69, 9.17) is 0 Å². The molecule has 2 heteroatoms. The first-order valence-corrected chi connectivity index (χ1v) is 7.71. The van der Waals surface area contributed by atoms with Crippen molar-refractivity contribution >= 4 is 5.69 Å². The van der Waals surface area contributed by atoms with Gasteiger partial charge in [0.05, 0.1) is 5.54 Å². The fourth-order valence-electron chi connectivity index (χ4n) is 3.35. The SMILES string of the molecule is Cc1ccc(N2CCNC(C)(c3ccccc3)C2)c(C)c1. The Kier molecular flexibility index (Phi) is 3.73. The van der Waals surface area contributed by atoms with Gasteiger partial charge in [-0.05, 0) is 38.0 Å². The first kappa shape index (κ1) is 14.2. The summed E-state index contributed by atoms with van der Waals surface area (Å²) in [6.07, 6.45) is 0. The van der Waals surface area contributed by atoms with Gasteiger partial charge in [-0.3, -0.25) is 0 Å². The molecule has 2 aromatic rings. The number of nitrogens with zero attached hydrogens (tertiary/aromatic N) is 1. The highest BCUT2D eigenvalue weighted by Gasteiger charge is 2.32. The average molecular weight is 280 g/mol. The van der Waals surface area contributed by atoms with E-state index in [1.807, 2.05) is 0 Å². The number of piperazine rings is 1. The predicted molar refractivity (Wildman–Crippen MR) is 89.9 cm³/mol. The van der Waals surface area contributed by atoms with Crippen molar-refractivity contribution in [2.24, 2.45) is 0 Å². The number of rotatable bonds is 2. The van der Waals surface area contributed by atoms with Crippen LogP contribution in [0.4, 0.5) is 5.69 Å². The molecule has 3 rings (SSSR count). The molecule has 21 heavy (non-hydrogen) atoms. The molecule has 0 aromatic heterocycles. The van der Waals surface area contributed by atoms with Crippen molar-refractivity contribution in [2.75, 3.05) is 24.5 Å². The molecule has 2 nitrogen and oxygen atoms in total. The molecule has 1 aliphatic rings. The Morgan fingerprint density at radius 2 is 1.81 bits per heavy atom. The van der Waals surface area contributed by atoms with Gasteiger partial charge in [-0.15, -0.1) is 0 Å². The van der Waals surface area contributed by atoms with E-state index in [-0.39, 0.29) is 5.54 Å². The Labute approximate surface area is 127 Å². The zero-order valence-electron chi connectivity index (χ0n) is 13.2. The fraction of sp³-hybridized carbons (Fsp3) is 0.368. The zero-order valence-corrected chi connectivity index (χ0v) is 13.2. The molecule has 1 heterocycles. The van der Waals surface area contributed by atoms with E-state index in [1.54, 1.807) is 0 Å². The molecule has 0 radical (unpaired) electrons. The van der Waals surface area contributed by atoms with Crippen molar-refractivity contribution in [1.29, 1.82) is 0 Å². The van der Waals surface area contributed by atoms with Gasteiger partial charge in [0.25, 0.3) is 0 Å². The molecule has 1 atom stereocenters. The van der Waals surface area contributed by atoms with Gasteiger partial charge < -0.3 is 10.2 Å². The second-order valence-corrected chi connectivity index (χ2v) is 6.34. The van der Waals surface area contributed by atoms with Gasteiger partial charge in [-0.25, -0.2) is 0 Å². The third kappa shape index (κ3) is 2.81. The van der Waals surface area contributed by atoms with Crippen LogP contribution in [0.2, 0.25) is 0 Å². The van der Waals surface area contributed by atoms with Crippen molar-refractivity contribution in [1.82, 2.24) is 5.32 Å². The minimum atomic E-state index is 0.0108. The molecule has 1 fully saturated rings. The molecule has 0 aliphatic carbocycles. The highest BCUT2D eigenvalue weighted by atomic mass is 15.2. The maximum atomic E-state index is 3.70. The second kappa shape index (κ2) is 5.53. The van der Waals surface area contributed by atoms with Gasteiger partial charge in [0, 0.05) is 25.3 Å². The van der Waals surface area contributed by atoms with Gasteiger partial charge in [0.1, 0.15) is 0 Å². The summed E-state index contributed by atoms with van der Waals surface area (Å²) in [5, 5.41) is 3.70. The van der Waals surface area contributed by atoms with E-state index in [0.717, 1.165) is 19.6 Å². The standard InChI is InChI=1S/C19H24N2/c1-15-9-10-18(16(2)13-15)21-12-11-20-19(3,14-21)17-7-5-4-6-8-17/h4-10,13,20H,11-12,14H2,1-3H3. The van der Waals surface area contributed by atoms with Crippen molar-refractivity contribution in [3.63, 3.8) is 0 Å². The van der Waals surface area contributed by atoms with Crippen LogP contribution >= 0.6 is 0 Å². The summed E-state index contributed by atoms with van der Waals surface area (Å²) >= 11 is 0. The molecule has 1 N–H and O–H groups in total. The van der Waals surface area contributed by atoms with Crippen LogP contribution in [0.15, 0.2) is 48.5 Å². The quantitative estimate of drug-likeness (QED) is 0.903. The number of benzene rings is 2. The van der Waals surface area contributed by atoms with E-state index in [1.165, 1.54) is 22.4 Å². The lowest BCUT2D eigenvalue weighted by Crippen LogP contribution is -2.57. The third-order valence-corrected chi connectivity index (χ3v) is 4.51.